The lowest BCUT2D eigenvalue weighted by molar-refractivity contribution is 0.102. The molecule has 1 heterocycles. The highest BCUT2D eigenvalue weighted by Gasteiger charge is 2.21. The van der Waals surface area contributed by atoms with Crippen LogP contribution in [0, 0.1) is 0 Å². The van der Waals surface area contributed by atoms with Gasteiger partial charge in [0.05, 0.1) is 12.7 Å². The first-order valence-corrected chi connectivity index (χ1v) is 5.67. The number of hydrogen-bond acceptors (Lipinski definition) is 4. The summed E-state index contributed by atoms with van der Waals surface area (Å²) in [7, 11) is 1.51. The van der Waals surface area contributed by atoms with E-state index in [-0.39, 0.29) is 5.78 Å². The molecular weight excluding hydrogens is 230 g/mol. The van der Waals surface area contributed by atoms with E-state index in [1.807, 2.05) is 6.92 Å². The number of anilines is 1. The van der Waals surface area contributed by atoms with E-state index >= 15 is 0 Å². The van der Waals surface area contributed by atoms with Crippen molar-refractivity contribution in [3.8, 4) is 5.75 Å². The summed E-state index contributed by atoms with van der Waals surface area (Å²) in [6, 6.07) is 5.13. The molecule has 5 heteroatoms. The molecule has 0 saturated carbocycles. The lowest BCUT2D eigenvalue weighted by Crippen LogP contribution is -2.13. The third kappa shape index (κ3) is 1.95. The number of carbonyl (C=O) groups excluding carboxylic acids is 1. The second kappa shape index (κ2) is 4.91. The van der Waals surface area contributed by atoms with Gasteiger partial charge in [0.1, 0.15) is 5.75 Å². The number of hydrogen-bond donors (Lipinski definition) is 1. The van der Waals surface area contributed by atoms with E-state index in [9.17, 15) is 4.79 Å². The molecule has 0 amide bonds. The second-order valence-corrected chi connectivity index (χ2v) is 3.79. The van der Waals surface area contributed by atoms with Crippen molar-refractivity contribution in [3.05, 3.63) is 42.0 Å². The van der Waals surface area contributed by atoms with Gasteiger partial charge < -0.3 is 15.0 Å². The van der Waals surface area contributed by atoms with Crippen LogP contribution in [0.15, 0.2) is 30.6 Å². The van der Waals surface area contributed by atoms with Gasteiger partial charge in [0.2, 0.25) is 5.78 Å². The molecule has 0 spiro atoms. The van der Waals surface area contributed by atoms with Crippen molar-refractivity contribution >= 4 is 11.5 Å². The Hall–Kier alpha value is -2.30. The van der Waals surface area contributed by atoms with Crippen molar-refractivity contribution in [2.75, 3.05) is 12.8 Å². The van der Waals surface area contributed by atoms with Gasteiger partial charge in [-0.2, -0.15) is 0 Å². The van der Waals surface area contributed by atoms with Gasteiger partial charge >= 0.3 is 0 Å². The number of carbonyl (C=O) groups is 1. The summed E-state index contributed by atoms with van der Waals surface area (Å²) in [5.41, 5.74) is 6.61. The number of imidazole rings is 1. The van der Waals surface area contributed by atoms with E-state index in [2.05, 4.69) is 4.98 Å². The Balaban J connectivity index is 2.52. The molecule has 2 aromatic rings. The van der Waals surface area contributed by atoms with Crippen LogP contribution in [0.2, 0.25) is 0 Å². The van der Waals surface area contributed by atoms with Gasteiger partial charge in [-0.15, -0.1) is 0 Å². The average molecular weight is 245 g/mol. The second-order valence-electron chi connectivity index (χ2n) is 3.79. The summed E-state index contributed by atoms with van der Waals surface area (Å²) in [4.78, 5) is 16.5. The number of ketones is 1. The van der Waals surface area contributed by atoms with Crippen molar-refractivity contribution in [1.82, 2.24) is 9.55 Å². The van der Waals surface area contributed by atoms with Crippen LogP contribution in [0.1, 0.15) is 23.1 Å². The SMILES string of the molecule is CCn1ccnc1C(=O)c1c(N)cccc1OC. The van der Waals surface area contributed by atoms with Crippen molar-refractivity contribution in [3.63, 3.8) is 0 Å². The first-order chi connectivity index (χ1) is 8.69. The predicted octanol–water partition coefficient (Wildman–Crippen LogP) is 1.72. The van der Waals surface area contributed by atoms with E-state index in [4.69, 9.17) is 10.5 Å². The summed E-state index contributed by atoms with van der Waals surface area (Å²) < 4.78 is 6.95. The fourth-order valence-electron chi connectivity index (χ4n) is 1.85. The van der Waals surface area contributed by atoms with E-state index in [1.54, 1.807) is 35.2 Å². The Morgan fingerprint density at radius 3 is 2.94 bits per heavy atom. The highest BCUT2D eigenvalue weighted by atomic mass is 16.5. The molecule has 0 aliphatic carbocycles. The smallest absolute Gasteiger partial charge is 0.234 e. The first kappa shape index (κ1) is 12.2. The maximum atomic E-state index is 12.4. The van der Waals surface area contributed by atoms with Crippen LogP contribution >= 0.6 is 0 Å². The molecule has 0 atom stereocenters. The zero-order chi connectivity index (χ0) is 13.1. The summed E-state index contributed by atoms with van der Waals surface area (Å²) >= 11 is 0. The molecule has 0 saturated heterocycles. The Kier molecular flexibility index (Phi) is 3.32. The normalized spacial score (nSPS) is 10.3. The van der Waals surface area contributed by atoms with E-state index in [0.29, 0.717) is 29.4 Å². The molecule has 0 fully saturated rings. The largest absolute Gasteiger partial charge is 0.496 e. The molecule has 94 valence electrons. The maximum absolute atomic E-state index is 12.4. The van der Waals surface area contributed by atoms with Gasteiger partial charge in [-0.1, -0.05) is 6.07 Å². The van der Waals surface area contributed by atoms with Crippen LogP contribution in [-0.4, -0.2) is 22.4 Å². The van der Waals surface area contributed by atoms with Crippen molar-refractivity contribution in [1.29, 1.82) is 0 Å². The number of benzene rings is 1. The third-order valence-electron chi connectivity index (χ3n) is 2.76. The fourth-order valence-corrected chi connectivity index (χ4v) is 1.85. The molecular formula is C13H15N3O2. The Morgan fingerprint density at radius 1 is 1.50 bits per heavy atom. The van der Waals surface area contributed by atoms with Crippen molar-refractivity contribution in [2.24, 2.45) is 0 Å². The summed E-state index contributed by atoms with van der Waals surface area (Å²) in [5, 5.41) is 0. The standard InChI is InChI=1S/C13H15N3O2/c1-3-16-8-7-15-13(16)12(17)11-9(14)5-4-6-10(11)18-2/h4-8H,3,14H2,1-2H3. The monoisotopic (exact) mass is 245 g/mol. The lowest BCUT2D eigenvalue weighted by atomic mass is 10.1. The minimum Gasteiger partial charge on any atom is -0.496 e. The van der Waals surface area contributed by atoms with Crippen molar-refractivity contribution in [2.45, 2.75) is 13.5 Å². The highest BCUT2D eigenvalue weighted by molar-refractivity contribution is 6.12. The van der Waals surface area contributed by atoms with Gasteiger partial charge in [-0.05, 0) is 19.1 Å². The Labute approximate surface area is 105 Å². The number of rotatable bonds is 4. The number of aromatic nitrogens is 2. The number of aryl methyl sites for hydroxylation is 1. The maximum Gasteiger partial charge on any atom is 0.234 e. The summed E-state index contributed by atoms with van der Waals surface area (Å²) in [5.74, 6) is 0.608. The molecule has 1 aromatic carbocycles. The molecule has 0 radical (unpaired) electrons. The molecule has 18 heavy (non-hydrogen) atoms. The van der Waals surface area contributed by atoms with E-state index in [0.717, 1.165) is 0 Å². The average Bonchev–Trinajstić information content (AvgIpc) is 2.85. The number of ether oxygens (including phenoxy) is 1. The van der Waals surface area contributed by atoms with Crippen LogP contribution in [0.3, 0.4) is 0 Å². The Bertz CT molecular complexity index is 575. The van der Waals surface area contributed by atoms with Crippen LogP contribution < -0.4 is 10.5 Å². The molecule has 1 aromatic heterocycles. The zero-order valence-electron chi connectivity index (χ0n) is 10.4. The molecule has 0 unspecified atom stereocenters. The number of nitrogens with two attached hydrogens (primary N) is 1. The predicted molar refractivity (Wildman–Crippen MR) is 68.7 cm³/mol. The third-order valence-corrected chi connectivity index (χ3v) is 2.76. The number of nitrogen functional groups attached to an aromatic ring is 1. The number of methoxy groups -OCH3 is 1. The highest BCUT2D eigenvalue weighted by Crippen LogP contribution is 2.26. The molecule has 0 bridgehead atoms. The van der Waals surface area contributed by atoms with Crippen LogP contribution in [0.4, 0.5) is 5.69 Å². The zero-order valence-corrected chi connectivity index (χ0v) is 10.4. The summed E-state index contributed by atoms with van der Waals surface area (Å²) in [6.45, 7) is 2.63. The minimum atomic E-state index is -0.225. The van der Waals surface area contributed by atoms with Crippen molar-refractivity contribution < 1.29 is 9.53 Å². The van der Waals surface area contributed by atoms with E-state index in [1.165, 1.54) is 7.11 Å². The van der Waals surface area contributed by atoms with Gasteiger partial charge in [0, 0.05) is 24.6 Å². The molecule has 2 rings (SSSR count). The van der Waals surface area contributed by atoms with Crippen LogP contribution in [-0.2, 0) is 6.54 Å². The van der Waals surface area contributed by atoms with E-state index < -0.39 is 0 Å². The fraction of sp³-hybridized carbons (Fsp3) is 0.231. The first-order valence-electron chi connectivity index (χ1n) is 5.67. The molecule has 5 nitrogen and oxygen atoms in total. The van der Waals surface area contributed by atoms with Crippen LogP contribution in [0.25, 0.3) is 0 Å². The minimum absolute atomic E-state index is 0.225. The van der Waals surface area contributed by atoms with Gasteiger partial charge in [0.15, 0.2) is 5.82 Å². The Morgan fingerprint density at radius 2 is 2.28 bits per heavy atom. The number of nitrogens with zero attached hydrogens (tertiary/aromatic N) is 2. The lowest BCUT2D eigenvalue weighted by Gasteiger charge is -2.10. The summed E-state index contributed by atoms with van der Waals surface area (Å²) in [6.07, 6.45) is 3.36. The molecule has 0 aliphatic rings. The van der Waals surface area contributed by atoms with Gasteiger partial charge in [-0.3, -0.25) is 4.79 Å². The van der Waals surface area contributed by atoms with Crippen LogP contribution in [0.5, 0.6) is 5.75 Å². The van der Waals surface area contributed by atoms with Gasteiger partial charge in [-0.25, -0.2) is 4.98 Å². The molecule has 0 aliphatic heterocycles. The molecule has 2 N–H and O–H groups in total. The quantitative estimate of drug-likeness (QED) is 0.657. The van der Waals surface area contributed by atoms with Gasteiger partial charge in [0.25, 0.3) is 0 Å². The topological polar surface area (TPSA) is 70.1 Å².